The Kier molecular flexibility index (Phi) is 6.93. The summed E-state index contributed by atoms with van der Waals surface area (Å²) in [4.78, 5) is 0. The van der Waals surface area contributed by atoms with Crippen molar-refractivity contribution in [3.8, 4) is 11.1 Å². The van der Waals surface area contributed by atoms with Gasteiger partial charge in [0.25, 0.3) is 5.92 Å². The summed E-state index contributed by atoms with van der Waals surface area (Å²) in [6, 6.07) is 3.85. The second-order valence-corrected chi connectivity index (χ2v) is 8.54. The zero-order valence-electron chi connectivity index (χ0n) is 15.1. The molecule has 0 spiro atoms. The minimum absolute atomic E-state index is 0. The van der Waals surface area contributed by atoms with Crippen molar-refractivity contribution < 1.29 is 30.4 Å². The first kappa shape index (κ1) is 23.5. The van der Waals surface area contributed by atoms with Gasteiger partial charge >= 0.3 is 0 Å². The second-order valence-electron chi connectivity index (χ2n) is 6.76. The SMILES string of the molecule is CS(=O)(=O)N[C@@H]1[C@H](Cc2cccc(-c3cc(F)cc(F)c3)c2F)NCC1(F)F.Cl. The van der Waals surface area contributed by atoms with E-state index in [1.54, 1.807) is 0 Å². The lowest BCUT2D eigenvalue weighted by Gasteiger charge is -2.24. The van der Waals surface area contributed by atoms with Crippen molar-refractivity contribution in [2.75, 3.05) is 12.8 Å². The van der Waals surface area contributed by atoms with Gasteiger partial charge in [-0.2, -0.15) is 0 Å². The molecule has 2 aromatic rings. The molecule has 0 aromatic heterocycles. The van der Waals surface area contributed by atoms with E-state index in [0.717, 1.165) is 18.4 Å². The van der Waals surface area contributed by atoms with Crippen LogP contribution in [-0.2, 0) is 16.4 Å². The van der Waals surface area contributed by atoms with Crippen molar-refractivity contribution in [3.63, 3.8) is 0 Å². The molecule has 0 unspecified atom stereocenters. The van der Waals surface area contributed by atoms with Crippen LogP contribution in [0, 0.1) is 17.5 Å². The van der Waals surface area contributed by atoms with Gasteiger partial charge in [0.1, 0.15) is 23.5 Å². The first-order valence-electron chi connectivity index (χ1n) is 8.28. The molecule has 1 saturated heterocycles. The number of alkyl halides is 2. The lowest BCUT2D eigenvalue weighted by molar-refractivity contribution is -0.000841. The average Bonchev–Trinajstić information content (AvgIpc) is 2.82. The number of hydrogen-bond donors (Lipinski definition) is 2. The number of rotatable bonds is 5. The summed E-state index contributed by atoms with van der Waals surface area (Å²) in [5.74, 6) is -5.93. The van der Waals surface area contributed by atoms with E-state index in [1.807, 2.05) is 4.72 Å². The lowest BCUT2D eigenvalue weighted by atomic mass is 9.95. The summed E-state index contributed by atoms with van der Waals surface area (Å²) in [6.45, 7) is -0.763. The highest BCUT2D eigenvalue weighted by Crippen LogP contribution is 2.31. The molecule has 2 N–H and O–H groups in total. The third-order valence-corrected chi connectivity index (χ3v) is 5.17. The maximum absolute atomic E-state index is 14.9. The molecule has 0 radical (unpaired) electrons. The van der Waals surface area contributed by atoms with Gasteiger partial charge in [-0.3, -0.25) is 0 Å². The van der Waals surface area contributed by atoms with Gasteiger partial charge in [-0.25, -0.2) is 35.1 Å². The van der Waals surface area contributed by atoms with Gasteiger partial charge in [-0.15, -0.1) is 12.4 Å². The predicted octanol–water partition coefficient (Wildman–Crippen LogP) is 3.26. The Hall–Kier alpha value is -1.75. The van der Waals surface area contributed by atoms with Crippen molar-refractivity contribution >= 4 is 22.4 Å². The second kappa shape index (κ2) is 8.55. The van der Waals surface area contributed by atoms with E-state index >= 15 is 0 Å². The Labute approximate surface area is 171 Å². The number of halogens is 6. The Morgan fingerprint density at radius 2 is 1.76 bits per heavy atom. The third kappa shape index (κ3) is 5.44. The van der Waals surface area contributed by atoms with Gasteiger partial charge in [0.2, 0.25) is 10.0 Å². The van der Waals surface area contributed by atoms with E-state index < -0.39 is 52.0 Å². The first-order valence-corrected chi connectivity index (χ1v) is 10.2. The fourth-order valence-corrected chi connectivity index (χ4v) is 4.08. The van der Waals surface area contributed by atoms with Crippen LogP contribution in [0.5, 0.6) is 0 Å². The van der Waals surface area contributed by atoms with Gasteiger partial charge in [0.05, 0.1) is 12.8 Å². The van der Waals surface area contributed by atoms with Crippen LogP contribution in [0.3, 0.4) is 0 Å². The summed E-state index contributed by atoms with van der Waals surface area (Å²) >= 11 is 0. The highest BCUT2D eigenvalue weighted by Gasteiger charge is 2.51. The Morgan fingerprint density at radius 1 is 1.14 bits per heavy atom. The van der Waals surface area contributed by atoms with E-state index in [-0.39, 0.29) is 35.5 Å². The molecule has 0 bridgehead atoms. The molecule has 0 saturated carbocycles. The molecule has 0 amide bonds. The molecule has 2 aromatic carbocycles. The topological polar surface area (TPSA) is 58.2 Å². The standard InChI is InChI=1S/C18H17F5N2O2S.ClH/c1-28(26,27)25-17-15(24-9-18(17,22)23)7-10-3-2-4-14(16(10)21)11-5-12(19)8-13(20)6-11;/h2-6,8,15,17,24-25H,7,9H2,1H3;1H/t15-,17+;/m0./s1. The fraction of sp³-hybridized carbons (Fsp3) is 0.333. The summed E-state index contributed by atoms with van der Waals surface area (Å²) in [5, 5.41) is 2.51. The molecule has 0 aliphatic carbocycles. The van der Waals surface area contributed by atoms with Gasteiger partial charge < -0.3 is 5.32 Å². The molecular formula is C18H18ClF5N2O2S. The fourth-order valence-electron chi connectivity index (χ4n) is 3.28. The minimum Gasteiger partial charge on any atom is -0.306 e. The van der Waals surface area contributed by atoms with Crippen LogP contribution in [0.15, 0.2) is 36.4 Å². The highest BCUT2D eigenvalue weighted by atomic mass is 35.5. The number of benzene rings is 2. The number of hydrogen-bond acceptors (Lipinski definition) is 3. The van der Waals surface area contributed by atoms with Gasteiger partial charge in [0, 0.05) is 17.7 Å². The van der Waals surface area contributed by atoms with Crippen LogP contribution in [0.25, 0.3) is 11.1 Å². The zero-order valence-corrected chi connectivity index (χ0v) is 16.7. The predicted molar refractivity (Wildman–Crippen MR) is 101 cm³/mol. The van der Waals surface area contributed by atoms with Crippen LogP contribution in [0.2, 0.25) is 0 Å². The maximum Gasteiger partial charge on any atom is 0.277 e. The largest absolute Gasteiger partial charge is 0.306 e. The number of nitrogens with one attached hydrogen (secondary N) is 2. The van der Waals surface area contributed by atoms with Crippen LogP contribution < -0.4 is 10.0 Å². The summed E-state index contributed by atoms with van der Waals surface area (Å²) in [7, 11) is -3.92. The van der Waals surface area contributed by atoms with Crippen molar-refractivity contribution in [2.45, 2.75) is 24.4 Å². The third-order valence-electron chi connectivity index (χ3n) is 4.49. The van der Waals surface area contributed by atoms with Crippen molar-refractivity contribution in [3.05, 3.63) is 59.4 Å². The summed E-state index contributed by atoms with van der Waals surface area (Å²) in [5.41, 5.74) is -0.113. The van der Waals surface area contributed by atoms with Crippen molar-refractivity contribution in [1.29, 1.82) is 0 Å². The average molecular weight is 457 g/mol. The maximum atomic E-state index is 14.9. The molecule has 1 aliphatic rings. The van der Waals surface area contributed by atoms with Gasteiger partial charge in [-0.1, -0.05) is 18.2 Å². The molecule has 29 heavy (non-hydrogen) atoms. The molecule has 1 aliphatic heterocycles. The lowest BCUT2D eigenvalue weighted by Crippen LogP contribution is -2.51. The molecule has 3 rings (SSSR count). The molecule has 2 atom stereocenters. The molecule has 1 fully saturated rings. The van der Waals surface area contributed by atoms with Crippen LogP contribution in [0.4, 0.5) is 22.0 Å². The van der Waals surface area contributed by atoms with E-state index in [2.05, 4.69) is 5.32 Å². The van der Waals surface area contributed by atoms with E-state index in [0.29, 0.717) is 6.07 Å². The Bertz CT molecular complexity index is 983. The molecule has 4 nitrogen and oxygen atoms in total. The first-order chi connectivity index (χ1) is 13.0. The van der Waals surface area contributed by atoms with E-state index in [9.17, 15) is 30.4 Å². The highest BCUT2D eigenvalue weighted by molar-refractivity contribution is 7.88. The van der Waals surface area contributed by atoms with Gasteiger partial charge in [-0.05, 0) is 29.7 Å². The molecule has 1 heterocycles. The quantitative estimate of drug-likeness (QED) is 0.679. The molecule has 160 valence electrons. The smallest absolute Gasteiger partial charge is 0.277 e. The monoisotopic (exact) mass is 456 g/mol. The molecule has 11 heteroatoms. The van der Waals surface area contributed by atoms with E-state index in [4.69, 9.17) is 0 Å². The Balaban J connectivity index is 0.00000300. The van der Waals surface area contributed by atoms with Crippen molar-refractivity contribution in [1.82, 2.24) is 10.0 Å². The summed E-state index contributed by atoms with van der Waals surface area (Å²) < 4.78 is 94.7. The van der Waals surface area contributed by atoms with Crippen molar-refractivity contribution in [2.24, 2.45) is 0 Å². The van der Waals surface area contributed by atoms with Crippen LogP contribution in [0.1, 0.15) is 5.56 Å². The minimum atomic E-state index is -3.92. The van der Waals surface area contributed by atoms with Gasteiger partial charge in [0.15, 0.2) is 0 Å². The summed E-state index contributed by atoms with van der Waals surface area (Å²) in [6.07, 6.45) is 0.512. The number of sulfonamides is 1. The van der Waals surface area contributed by atoms with Crippen LogP contribution >= 0.6 is 12.4 Å². The zero-order chi connectivity index (χ0) is 20.7. The molecular weight excluding hydrogens is 439 g/mol. The Morgan fingerprint density at radius 3 is 2.34 bits per heavy atom. The van der Waals surface area contributed by atoms with E-state index in [1.165, 1.54) is 18.2 Å². The normalized spacial score (nSPS) is 21.0. The van der Waals surface area contributed by atoms with Crippen LogP contribution in [-0.4, -0.2) is 39.2 Å².